The van der Waals surface area contributed by atoms with Crippen molar-refractivity contribution in [2.75, 3.05) is 10.2 Å². The monoisotopic (exact) mass is 367 g/mol. The third-order valence-corrected chi connectivity index (χ3v) is 4.33. The molecule has 3 aromatic rings. The first-order valence-corrected chi connectivity index (χ1v) is 8.94. The summed E-state index contributed by atoms with van der Waals surface area (Å²) in [6, 6.07) is 16.3. The molecule has 0 aliphatic carbocycles. The van der Waals surface area contributed by atoms with Gasteiger partial charge in [-0.2, -0.15) is 10.1 Å². The number of hydrogen-bond acceptors (Lipinski definition) is 5. The molecule has 0 fully saturated rings. The number of rotatable bonds is 6. The fourth-order valence-electron chi connectivity index (χ4n) is 2.68. The van der Waals surface area contributed by atoms with Crippen LogP contribution in [0.1, 0.15) is 25.0 Å². The van der Waals surface area contributed by atoms with E-state index in [0.29, 0.717) is 11.0 Å². The molecule has 0 saturated heterocycles. The average molecular weight is 368 g/mol. The Kier molecular flexibility index (Phi) is 5.68. The molecule has 26 heavy (non-hydrogen) atoms. The van der Waals surface area contributed by atoms with Crippen LogP contribution >= 0.6 is 11.6 Å². The number of nitrogens with one attached hydrogen (secondary N) is 1. The lowest BCUT2D eigenvalue weighted by atomic mass is 10.2. The Balaban J connectivity index is 1.84. The van der Waals surface area contributed by atoms with Gasteiger partial charge in [-0.3, -0.25) is 0 Å². The van der Waals surface area contributed by atoms with Gasteiger partial charge in [-0.15, -0.1) is 5.10 Å². The molecular formula is C20H22ClN5. The number of benzene rings is 2. The highest BCUT2D eigenvalue weighted by Crippen LogP contribution is 2.23. The van der Waals surface area contributed by atoms with Crippen LogP contribution < -0.4 is 10.2 Å². The Bertz CT molecular complexity index is 867. The zero-order chi connectivity index (χ0) is 18.5. The van der Waals surface area contributed by atoms with E-state index in [1.54, 1.807) is 6.20 Å². The van der Waals surface area contributed by atoms with Crippen molar-refractivity contribution in [3.05, 3.63) is 70.9 Å². The van der Waals surface area contributed by atoms with E-state index >= 15 is 0 Å². The molecule has 3 rings (SSSR count). The Morgan fingerprint density at radius 1 is 1.12 bits per heavy atom. The normalized spacial score (nSPS) is 10.8. The van der Waals surface area contributed by atoms with Crippen molar-refractivity contribution in [3.8, 4) is 0 Å². The largest absolute Gasteiger partial charge is 0.348 e. The first-order valence-electron chi connectivity index (χ1n) is 8.56. The van der Waals surface area contributed by atoms with Crippen LogP contribution in [-0.4, -0.2) is 21.2 Å². The summed E-state index contributed by atoms with van der Waals surface area (Å²) in [7, 11) is 0. The lowest BCUT2D eigenvalue weighted by Gasteiger charge is -2.27. The minimum Gasteiger partial charge on any atom is -0.348 e. The van der Waals surface area contributed by atoms with Gasteiger partial charge in [0.1, 0.15) is 0 Å². The van der Waals surface area contributed by atoms with Crippen LogP contribution in [0.3, 0.4) is 0 Å². The summed E-state index contributed by atoms with van der Waals surface area (Å²) in [5, 5.41) is 12.2. The van der Waals surface area contributed by atoms with Gasteiger partial charge in [0.2, 0.25) is 5.95 Å². The molecule has 0 radical (unpaired) electrons. The maximum Gasteiger partial charge on any atom is 0.249 e. The van der Waals surface area contributed by atoms with Crippen molar-refractivity contribution < 1.29 is 0 Å². The molecule has 5 nitrogen and oxygen atoms in total. The third kappa shape index (κ3) is 4.49. The molecule has 0 spiro atoms. The van der Waals surface area contributed by atoms with Crippen molar-refractivity contribution >= 4 is 29.1 Å². The second-order valence-corrected chi connectivity index (χ2v) is 6.87. The molecule has 2 aromatic carbocycles. The van der Waals surface area contributed by atoms with Gasteiger partial charge >= 0.3 is 0 Å². The van der Waals surface area contributed by atoms with Crippen molar-refractivity contribution in [1.82, 2.24) is 15.2 Å². The van der Waals surface area contributed by atoms with Gasteiger partial charge in [-0.1, -0.05) is 41.9 Å². The minimum absolute atomic E-state index is 0.275. The van der Waals surface area contributed by atoms with E-state index in [-0.39, 0.29) is 6.04 Å². The van der Waals surface area contributed by atoms with E-state index in [1.165, 1.54) is 5.56 Å². The first kappa shape index (κ1) is 18.1. The molecule has 0 amide bonds. The van der Waals surface area contributed by atoms with Gasteiger partial charge < -0.3 is 10.2 Å². The quantitative estimate of drug-likeness (QED) is 0.665. The molecule has 1 aromatic heterocycles. The fourth-order valence-corrected chi connectivity index (χ4v) is 2.91. The zero-order valence-electron chi connectivity index (χ0n) is 15.1. The van der Waals surface area contributed by atoms with Crippen molar-refractivity contribution in [3.63, 3.8) is 0 Å². The molecule has 6 heteroatoms. The van der Waals surface area contributed by atoms with E-state index in [4.69, 9.17) is 11.6 Å². The third-order valence-electron chi connectivity index (χ3n) is 4.09. The molecule has 1 N–H and O–H groups in total. The van der Waals surface area contributed by atoms with Gasteiger partial charge in [0, 0.05) is 23.3 Å². The number of anilines is 3. The zero-order valence-corrected chi connectivity index (χ0v) is 15.9. The molecule has 0 atom stereocenters. The maximum absolute atomic E-state index is 6.02. The topological polar surface area (TPSA) is 53.9 Å². The summed E-state index contributed by atoms with van der Waals surface area (Å²) in [5.41, 5.74) is 3.16. The number of nitrogens with zero attached hydrogens (tertiary/aromatic N) is 4. The summed E-state index contributed by atoms with van der Waals surface area (Å²) in [6.45, 7) is 7.03. The minimum atomic E-state index is 0.275. The van der Waals surface area contributed by atoms with E-state index in [2.05, 4.69) is 51.4 Å². The maximum atomic E-state index is 6.02. The average Bonchev–Trinajstić information content (AvgIpc) is 2.63. The second kappa shape index (κ2) is 8.15. The molecule has 0 saturated carbocycles. The van der Waals surface area contributed by atoms with Gasteiger partial charge in [0.15, 0.2) is 5.82 Å². The van der Waals surface area contributed by atoms with E-state index in [9.17, 15) is 0 Å². The molecule has 134 valence electrons. The summed E-state index contributed by atoms with van der Waals surface area (Å²) >= 11 is 6.02. The predicted molar refractivity (Wildman–Crippen MR) is 107 cm³/mol. The second-order valence-electron chi connectivity index (χ2n) is 6.43. The van der Waals surface area contributed by atoms with E-state index in [0.717, 1.165) is 23.6 Å². The van der Waals surface area contributed by atoms with Crippen LogP contribution in [0.4, 0.5) is 17.5 Å². The van der Waals surface area contributed by atoms with Crippen LogP contribution in [0, 0.1) is 6.92 Å². The number of aromatic nitrogens is 3. The SMILES string of the molecule is Cc1cc(Cl)ccc1Nc1nncc(N(Cc2ccccc2)C(C)C)n1. The molecule has 0 unspecified atom stereocenters. The lowest BCUT2D eigenvalue weighted by Crippen LogP contribution is -2.31. The fraction of sp³-hybridized carbons (Fsp3) is 0.250. The summed E-state index contributed by atoms with van der Waals surface area (Å²) < 4.78 is 0. The Morgan fingerprint density at radius 2 is 1.88 bits per heavy atom. The van der Waals surface area contributed by atoms with Crippen LogP contribution in [0.25, 0.3) is 0 Å². The van der Waals surface area contributed by atoms with E-state index in [1.807, 2.05) is 43.3 Å². The predicted octanol–water partition coefficient (Wildman–Crippen LogP) is 4.99. The van der Waals surface area contributed by atoms with Crippen LogP contribution in [0.5, 0.6) is 0 Å². The van der Waals surface area contributed by atoms with Crippen molar-refractivity contribution in [2.45, 2.75) is 33.4 Å². The number of halogens is 1. The number of aryl methyl sites for hydroxylation is 1. The Hall–Kier alpha value is -2.66. The first-order chi connectivity index (χ1) is 12.5. The molecule has 0 aliphatic heterocycles. The molecule has 1 heterocycles. The Morgan fingerprint density at radius 3 is 2.58 bits per heavy atom. The summed E-state index contributed by atoms with van der Waals surface area (Å²) in [4.78, 5) is 6.86. The van der Waals surface area contributed by atoms with Crippen LogP contribution in [0.2, 0.25) is 5.02 Å². The Labute approximate surface area is 159 Å². The number of hydrogen-bond donors (Lipinski definition) is 1. The van der Waals surface area contributed by atoms with Crippen LogP contribution in [0.15, 0.2) is 54.7 Å². The highest BCUT2D eigenvalue weighted by atomic mass is 35.5. The highest BCUT2D eigenvalue weighted by molar-refractivity contribution is 6.30. The standard InChI is InChI=1S/C20H22ClN5/c1-14(2)26(13-16-7-5-4-6-8-16)19-12-22-25-20(24-19)23-18-10-9-17(21)11-15(18)3/h4-12,14H,13H2,1-3H3,(H,23,24,25). The van der Waals surface area contributed by atoms with Gasteiger partial charge in [-0.05, 0) is 50.1 Å². The smallest absolute Gasteiger partial charge is 0.249 e. The van der Waals surface area contributed by atoms with Crippen molar-refractivity contribution in [1.29, 1.82) is 0 Å². The summed E-state index contributed by atoms with van der Waals surface area (Å²) in [5.74, 6) is 1.25. The summed E-state index contributed by atoms with van der Waals surface area (Å²) in [6.07, 6.45) is 1.70. The van der Waals surface area contributed by atoms with Crippen LogP contribution in [-0.2, 0) is 6.54 Å². The van der Waals surface area contributed by atoms with Gasteiger partial charge in [0.25, 0.3) is 0 Å². The van der Waals surface area contributed by atoms with Gasteiger partial charge in [0.05, 0.1) is 6.20 Å². The molecule has 0 aliphatic rings. The van der Waals surface area contributed by atoms with Gasteiger partial charge in [-0.25, -0.2) is 0 Å². The molecule has 0 bridgehead atoms. The van der Waals surface area contributed by atoms with Crippen molar-refractivity contribution in [2.24, 2.45) is 0 Å². The molecular weight excluding hydrogens is 346 g/mol. The lowest BCUT2D eigenvalue weighted by molar-refractivity contribution is 0.668. The van der Waals surface area contributed by atoms with E-state index < -0.39 is 0 Å². The highest BCUT2D eigenvalue weighted by Gasteiger charge is 2.14.